The lowest BCUT2D eigenvalue weighted by Gasteiger charge is -2.16. The monoisotopic (exact) mass is 266 g/mol. The van der Waals surface area contributed by atoms with Crippen molar-refractivity contribution in [3.05, 3.63) is 11.9 Å². The van der Waals surface area contributed by atoms with E-state index in [1.54, 1.807) is 7.11 Å². The van der Waals surface area contributed by atoms with Crippen LogP contribution < -0.4 is 10.6 Å². The van der Waals surface area contributed by atoms with Gasteiger partial charge in [-0.2, -0.15) is 0 Å². The first kappa shape index (κ1) is 14.0. The van der Waals surface area contributed by atoms with Gasteiger partial charge in [-0.25, -0.2) is 9.97 Å². The first-order valence-electron chi connectivity index (χ1n) is 6.61. The first-order valence-corrected chi connectivity index (χ1v) is 6.61. The van der Waals surface area contributed by atoms with Gasteiger partial charge < -0.3 is 20.5 Å². The Morgan fingerprint density at radius 2 is 2.11 bits per heavy atom. The maximum atomic E-state index is 9.06. The molecule has 3 N–H and O–H groups in total. The van der Waals surface area contributed by atoms with Crippen molar-refractivity contribution in [3.8, 4) is 0 Å². The third-order valence-electron chi connectivity index (χ3n) is 3.55. The Balaban J connectivity index is 2.00. The third kappa shape index (κ3) is 3.78. The van der Waals surface area contributed by atoms with Crippen LogP contribution in [0.25, 0.3) is 0 Å². The fraction of sp³-hybridized carbons (Fsp3) is 0.692. The van der Waals surface area contributed by atoms with Gasteiger partial charge in [-0.05, 0) is 24.7 Å². The number of ether oxygens (including phenoxy) is 1. The number of hydrogen-bond donors (Lipinski definition) is 3. The van der Waals surface area contributed by atoms with Crippen molar-refractivity contribution < 1.29 is 9.84 Å². The predicted octanol–water partition coefficient (Wildman–Crippen LogP) is 1.24. The fourth-order valence-corrected chi connectivity index (χ4v) is 2.12. The standard InChI is InChI=1S/C13H22N4O2/c1-14-10-7-11(17-12(16-10)8-19-2)15-9-13(3-4-13)5-6-18/h7,18H,3-6,8-9H2,1-2H3,(H2,14,15,16,17). The van der Waals surface area contributed by atoms with Gasteiger partial charge in [0.25, 0.3) is 0 Å². The van der Waals surface area contributed by atoms with Gasteiger partial charge in [-0.1, -0.05) is 0 Å². The molecule has 106 valence electrons. The number of hydrogen-bond acceptors (Lipinski definition) is 6. The molecule has 6 heteroatoms. The molecule has 0 bridgehead atoms. The Morgan fingerprint density at radius 1 is 1.37 bits per heavy atom. The summed E-state index contributed by atoms with van der Waals surface area (Å²) in [6.45, 7) is 1.49. The molecule has 0 aliphatic heterocycles. The van der Waals surface area contributed by atoms with E-state index >= 15 is 0 Å². The molecule has 1 aromatic heterocycles. The van der Waals surface area contributed by atoms with E-state index in [0.29, 0.717) is 12.4 Å². The highest BCUT2D eigenvalue weighted by atomic mass is 16.5. The summed E-state index contributed by atoms with van der Waals surface area (Å²) < 4.78 is 5.07. The Morgan fingerprint density at radius 3 is 2.68 bits per heavy atom. The average Bonchev–Trinajstić information content (AvgIpc) is 3.17. The van der Waals surface area contributed by atoms with Gasteiger partial charge in [0.05, 0.1) is 0 Å². The predicted molar refractivity (Wildman–Crippen MR) is 74.2 cm³/mol. The van der Waals surface area contributed by atoms with E-state index in [1.165, 1.54) is 12.8 Å². The SMILES string of the molecule is CNc1cc(NCC2(CCO)CC2)nc(COC)n1. The van der Waals surface area contributed by atoms with Crippen LogP contribution in [0.4, 0.5) is 11.6 Å². The zero-order chi connectivity index (χ0) is 13.7. The summed E-state index contributed by atoms with van der Waals surface area (Å²) >= 11 is 0. The lowest BCUT2D eigenvalue weighted by molar-refractivity contribution is 0.178. The second kappa shape index (κ2) is 6.16. The minimum atomic E-state index is 0.252. The molecule has 0 atom stereocenters. The van der Waals surface area contributed by atoms with E-state index < -0.39 is 0 Å². The maximum absolute atomic E-state index is 9.06. The van der Waals surface area contributed by atoms with Crippen molar-refractivity contribution in [1.29, 1.82) is 0 Å². The quantitative estimate of drug-likeness (QED) is 0.657. The second-order valence-electron chi connectivity index (χ2n) is 5.06. The van der Waals surface area contributed by atoms with E-state index in [9.17, 15) is 0 Å². The van der Waals surface area contributed by atoms with E-state index in [0.717, 1.165) is 24.6 Å². The number of methoxy groups -OCH3 is 1. The van der Waals surface area contributed by atoms with Gasteiger partial charge in [0.15, 0.2) is 5.82 Å². The molecule has 0 spiro atoms. The molecule has 0 unspecified atom stereocenters. The number of rotatable bonds is 8. The molecule has 0 amide bonds. The van der Waals surface area contributed by atoms with Gasteiger partial charge in [0.1, 0.15) is 18.2 Å². The van der Waals surface area contributed by atoms with Gasteiger partial charge in [-0.3, -0.25) is 0 Å². The minimum Gasteiger partial charge on any atom is -0.396 e. The number of nitrogens with one attached hydrogen (secondary N) is 2. The molecule has 0 saturated heterocycles. The maximum Gasteiger partial charge on any atom is 0.158 e. The molecule has 1 aliphatic rings. The van der Waals surface area contributed by atoms with Crippen molar-refractivity contribution in [1.82, 2.24) is 9.97 Å². The lowest BCUT2D eigenvalue weighted by atomic mass is 10.0. The average molecular weight is 266 g/mol. The minimum absolute atomic E-state index is 0.252. The van der Waals surface area contributed by atoms with E-state index in [-0.39, 0.29) is 12.0 Å². The zero-order valence-electron chi connectivity index (χ0n) is 11.6. The molecule has 2 rings (SSSR count). The van der Waals surface area contributed by atoms with Crippen LogP contribution in [0.15, 0.2) is 6.07 Å². The topological polar surface area (TPSA) is 79.3 Å². The Kier molecular flexibility index (Phi) is 4.55. The van der Waals surface area contributed by atoms with E-state index in [2.05, 4.69) is 20.6 Å². The fourth-order valence-electron chi connectivity index (χ4n) is 2.12. The largest absolute Gasteiger partial charge is 0.396 e. The van der Waals surface area contributed by atoms with Crippen molar-refractivity contribution in [3.63, 3.8) is 0 Å². The molecular formula is C13H22N4O2. The van der Waals surface area contributed by atoms with Gasteiger partial charge in [-0.15, -0.1) is 0 Å². The Hall–Kier alpha value is -1.40. The molecule has 0 aromatic carbocycles. The molecule has 1 fully saturated rings. The van der Waals surface area contributed by atoms with Gasteiger partial charge in [0.2, 0.25) is 0 Å². The van der Waals surface area contributed by atoms with E-state index in [1.807, 2.05) is 13.1 Å². The van der Waals surface area contributed by atoms with Crippen LogP contribution >= 0.6 is 0 Å². The van der Waals surface area contributed by atoms with Crippen molar-refractivity contribution in [2.24, 2.45) is 5.41 Å². The summed E-state index contributed by atoms with van der Waals surface area (Å²) in [5, 5.41) is 15.4. The summed E-state index contributed by atoms with van der Waals surface area (Å²) in [6.07, 6.45) is 3.21. The van der Waals surface area contributed by atoms with Crippen LogP contribution in [0.3, 0.4) is 0 Å². The van der Waals surface area contributed by atoms with Crippen molar-refractivity contribution in [2.45, 2.75) is 25.9 Å². The molecule has 0 radical (unpaired) electrons. The number of aliphatic hydroxyl groups is 1. The second-order valence-corrected chi connectivity index (χ2v) is 5.06. The molecule has 1 saturated carbocycles. The summed E-state index contributed by atoms with van der Waals surface area (Å²) in [4.78, 5) is 8.72. The Bertz CT molecular complexity index is 421. The highest BCUT2D eigenvalue weighted by Crippen LogP contribution is 2.48. The normalized spacial score (nSPS) is 16.2. The zero-order valence-corrected chi connectivity index (χ0v) is 11.6. The molecule has 1 aromatic rings. The van der Waals surface area contributed by atoms with E-state index in [4.69, 9.17) is 9.84 Å². The van der Waals surface area contributed by atoms with Gasteiger partial charge >= 0.3 is 0 Å². The summed E-state index contributed by atoms with van der Waals surface area (Å²) in [7, 11) is 3.46. The van der Waals surface area contributed by atoms with Crippen molar-refractivity contribution in [2.75, 3.05) is 37.9 Å². The molecule has 6 nitrogen and oxygen atoms in total. The first-order chi connectivity index (χ1) is 9.21. The molecule has 1 aliphatic carbocycles. The number of anilines is 2. The van der Waals surface area contributed by atoms with Crippen LogP contribution in [0.1, 0.15) is 25.1 Å². The number of nitrogens with zero attached hydrogens (tertiary/aromatic N) is 2. The smallest absolute Gasteiger partial charge is 0.158 e. The Labute approximate surface area is 113 Å². The number of aromatic nitrogens is 2. The third-order valence-corrected chi connectivity index (χ3v) is 3.55. The summed E-state index contributed by atoms with van der Waals surface area (Å²) in [6, 6.07) is 1.88. The summed E-state index contributed by atoms with van der Waals surface area (Å²) in [5.41, 5.74) is 0.265. The van der Waals surface area contributed by atoms with Crippen LogP contribution in [0, 0.1) is 5.41 Å². The van der Waals surface area contributed by atoms with Gasteiger partial charge in [0, 0.05) is 33.4 Å². The van der Waals surface area contributed by atoms with Crippen LogP contribution in [-0.4, -0.2) is 42.4 Å². The van der Waals surface area contributed by atoms with Crippen LogP contribution in [0.5, 0.6) is 0 Å². The molecule has 1 heterocycles. The lowest BCUT2D eigenvalue weighted by Crippen LogP contribution is -2.18. The van der Waals surface area contributed by atoms with Crippen molar-refractivity contribution >= 4 is 11.6 Å². The summed E-state index contributed by atoms with van der Waals surface area (Å²) in [5.74, 6) is 2.23. The number of aliphatic hydroxyl groups excluding tert-OH is 1. The molecule has 19 heavy (non-hydrogen) atoms. The van der Waals surface area contributed by atoms with Crippen LogP contribution in [0.2, 0.25) is 0 Å². The highest BCUT2D eigenvalue weighted by Gasteiger charge is 2.41. The highest BCUT2D eigenvalue weighted by molar-refractivity contribution is 5.47. The van der Waals surface area contributed by atoms with Crippen LogP contribution in [-0.2, 0) is 11.3 Å². The molecular weight excluding hydrogens is 244 g/mol.